The van der Waals surface area contributed by atoms with Crippen LogP contribution in [0.1, 0.15) is 35.8 Å². The summed E-state index contributed by atoms with van der Waals surface area (Å²) in [6.07, 6.45) is 0. The van der Waals surface area contributed by atoms with Crippen molar-refractivity contribution >= 4 is 23.5 Å². The van der Waals surface area contributed by atoms with Crippen LogP contribution in [0, 0.1) is 17.7 Å². The monoisotopic (exact) mass is 454 g/mol. The normalized spacial score (nSPS) is 27.3. The van der Waals surface area contributed by atoms with Gasteiger partial charge in [0.25, 0.3) is 11.8 Å². The second-order valence-electron chi connectivity index (χ2n) is 8.52. The third kappa shape index (κ3) is 2.91. The summed E-state index contributed by atoms with van der Waals surface area (Å²) in [5.41, 5.74) is -0.747. The Bertz CT molecular complexity index is 1180. The van der Waals surface area contributed by atoms with Crippen LogP contribution in [0.5, 0.6) is 11.5 Å². The molecule has 3 heterocycles. The lowest BCUT2D eigenvalue weighted by Crippen LogP contribution is -2.57. The van der Waals surface area contributed by atoms with E-state index in [2.05, 4.69) is 5.32 Å². The van der Waals surface area contributed by atoms with E-state index in [0.717, 1.165) is 6.07 Å². The molecule has 1 fully saturated rings. The summed E-state index contributed by atoms with van der Waals surface area (Å²) in [5, 5.41) is 2.67. The molecule has 1 N–H and O–H groups in total. The zero-order chi connectivity index (χ0) is 23.5. The Labute approximate surface area is 189 Å². The van der Waals surface area contributed by atoms with Gasteiger partial charge in [-0.3, -0.25) is 14.4 Å². The van der Waals surface area contributed by atoms with Gasteiger partial charge >= 0.3 is 5.97 Å². The number of nitrogens with one attached hydrogen (secondary N) is 1. The summed E-state index contributed by atoms with van der Waals surface area (Å²) >= 11 is 0. The first kappa shape index (κ1) is 21.2. The predicted molar refractivity (Wildman–Crippen MR) is 114 cm³/mol. The molecule has 2 aromatic carbocycles. The standard InChI is InChI=1S/C24H23FN2O6/c1-4-32-22(29)19-16-11-33-18-8-6-13(31-3)10-15(18)20(16)27-21(28)14-7-5-12(25)9-17(14)26-23(30)24(19,27)2/h5-10,16,19-20H,4,11H2,1-3H3,(H,26,30)/t16-,19-,20+,24-/m1/s1. The number of carbonyl (C=O) groups is 3. The lowest BCUT2D eigenvalue weighted by atomic mass is 9.77. The molecule has 2 aromatic rings. The van der Waals surface area contributed by atoms with E-state index in [1.54, 1.807) is 32.0 Å². The zero-order valence-corrected chi connectivity index (χ0v) is 18.4. The van der Waals surface area contributed by atoms with Crippen LogP contribution in [0.25, 0.3) is 0 Å². The Hall–Kier alpha value is -3.62. The highest BCUT2D eigenvalue weighted by Crippen LogP contribution is 2.57. The minimum atomic E-state index is -1.60. The van der Waals surface area contributed by atoms with Crippen LogP contribution >= 0.6 is 0 Å². The number of benzene rings is 2. The Morgan fingerprint density at radius 3 is 2.79 bits per heavy atom. The SMILES string of the molecule is CCOC(=O)[C@H]1[C@H]2COc3ccc(OC)cc3[C@@H]2N2C(=O)c3ccc(F)cc3NC(=O)[C@@]12C. The van der Waals surface area contributed by atoms with Crippen molar-refractivity contribution in [2.45, 2.75) is 25.4 Å². The van der Waals surface area contributed by atoms with Crippen molar-refractivity contribution in [2.24, 2.45) is 11.8 Å². The van der Waals surface area contributed by atoms with E-state index in [1.807, 2.05) is 0 Å². The molecule has 0 aromatic heterocycles. The number of halogens is 1. The number of rotatable bonds is 3. The molecule has 172 valence electrons. The molecule has 2 amide bonds. The Balaban J connectivity index is 1.76. The van der Waals surface area contributed by atoms with Crippen molar-refractivity contribution in [1.29, 1.82) is 0 Å². The Kier molecular flexibility index (Phi) is 4.81. The first-order valence-corrected chi connectivity index (χ1v) is 10.7. The quantitative estimate of drug-likeness (QED) is 0.717. The number of ether oxygens (including phenoxy) is 3. The molecular weight excluding hydrogens is 431 g/mol. The van der Waals surface area contributed by atoms with Gasteiger partial charge in [0, 0.05) is 11.5 Å². The number of methoxy groups -OCH3 is 1. The van der Waals surface area contributed by atoms with Crippen molar-refractivity contribution in [3.63, 3.8) is 0 Å². The lowest BCUT2D eigenvalue weighted by molar-refractivity contribution is -0.155. The highest BCUT2D eigenvalue weighted by atomic mass is 19.1. The first-order chi connectivity index (χ1) is 15.8. The lowest BCUT2D eigenvalue weighted by Gasteiger charge is -2.38. The molecule has 4 atom stereocenters. The number of anilines is 1. The predicted octanol–water partition coefficient (Wildman–Crippen LogP) is 2.93. The number of nitrogens with zero attached hydrogens (tertiary/aromatic N) is 1. The average molecular weight is 454 g/mol. The van der Waals surface area contributed by atoms with Crippen molar-refractivity contribution < 1.29 is 33.0 Å². The smallest absolute Gasteiger partial charge is 0.312 e. The van der Waals surface area contributed by atoms with E-state index in [0.29, 0.717) is 17.1 Å². The fourth-order valence-corrected chi connectivity index (χ4v) is 5.40. The summed E-state index contributed by atoms with van der Waals surface area (Å²) in [7, 11) is 1.53. The van der Waals surface area contributed by atoms with Gasteiger partial charge in [-0.15, -0.1) is 0 Å². The van der Waals surface area contributed by atoms with Gasteiger partial charge in [-0.05, 0) is 50.2 Å². The second-order valence-corrected chi connectivity index (χ2v) is 8.52. The van der Waals surface area contributed by atoms with E-state index in [9.17, 15) is 18.8 Å². The maximum Gasteiger partial charge on any atom is 0.312 e. The molecule has 0 radical (unpaired) electrons. The fraction of sp³-hybridized carbons (Fsp3) is 0.375. The van der Waals surface area contributed by atoms with E-state index >= 15 is 0 Å². The van der Waals surface area contributed by atoms with E-state index in [4.69, 9.17) is 14.2 Å². The van der Waals surface area contributed by atoms with Gasteiger partial charge in [-0.2, -0.15) is 0 Å². The van der Waals surface area contributed by atoms with Gasteiger partial charge < -0.3 is 24.4 Å². The fourth-order valence-electron chi connectivity index (χ4n) is 5.40. The minimum Gasteiger partial charge on any atom is -0.497 e. The molecule has 5 rings (SSSR count). The van der Waals surface area contributed by atoms with E-state index in [-0.39, 0.29) is 24.5 Å². The third-order valence-corrected chi connectivity index (χ3v) is 6.86. The van der Waals surface area contributed by atoms with Gasteiger partial charge in [-0.1, -0.05) is 0 Å². The maximum atomic E-state index is 13.9. The molecule has 0 spiro atoms. The number of hydrogen-bond acceptors (Lipinski definition) is 6. The van der Waals surface area contributed by atoms with Crippen LogP contribution in [0.2, 0.25) is 0 Å². The van der Waals surface area contributed by atoms with E-state index in [1.165, 1.54) is 24.1 Å². The first-order valence-electron chi connectivity index (χ1n) is 10.7. The van der Waals surface area contributed by atoms with Crippen LogP contribution in [-0.2, 0) is 14.3 Å². The summed E-state index contributed by atoms with van der Waals surface area (Å²) in [4.78, 5) is 42.2. The summed E-state index contributed by atoms with van der Waals surface area (Å²) in [5.74, 6) is -2.69. The molecule has 0 saturated carbocycles. The number of carbonyl (C=O) groups excluding carboxylic acids is 3. The van der Waals surface area contributed by atoms with Crippen LogP contribution < -0.4 is 14.8 Å². The zero-order valence-electron chi connectivity index (χ0n) is 18.4. The molecule has 9 heteroatoms. The molecule has 8 nitrogen and oxygen atoms in total. The second kappa shape index (κ2) is 7.47. The number of fused-ring (bicyclic) bond motifs is 6. The summed E-state index contributed by atoms with van der Waals surface area (Å²) in [6.45, 7) is 3.48. The van der Waals surface area contributed by atoms with Crippen LogP contribution in [-0.4, -0.2) is 48.5 Å². The molecular formula is C24H23FN2O6. The van der Waals surface area contributed by atoms with Crippen molar-refractivity contribution in [2.75, 3.05) is 25.6 Å². The molecule has 0 bridgehead atoms. The third-order valence-electron chi connectivity index (χ3n) is 6.86. The molecule has 0 aliphatic carbocycles. The van der Waals surface area contributed by atoms with Gasteiger partial charge in [-0.25, -0.2) is 4.39 Å². The highest BCUT2D eigenvalue weighted by Gasteiger charge is 2.67. The molecule has 0 unspecified atom stereocenters. The van der Waals surface area contributed by atoms with Crippen LogP contribution in [0.4, 0.5) is 10.1 Å². The van der Waals surface area contributed by atoms with Crippen molar-refractivity contribution in [1.82, 2.24) is 4.90 Å². The van der Waals surface area contributed by atoms with Gasteiger partial charge in [0.15, 0.2) is 0 Å². The highest BCUT2D eigenvalue weighted by molar-refractivity contribution is 6.13. The van der Waals surface area contributed by atoms with Crippen molar-refractivity contribution in [3.8, 4) is 11.5 Å². The average Bonchev–Trinajstić information content (AvgIpc) is 3.04. The molecule has 1 saturated heterocycles. The molecule has 33 heavy (non-hydrogen) atoms. The Morgan fingerprint density at radius 1 is 1.27 bits per heavy atom. The van der Waals surface area contributed by atoms with Gasteiger partial charge in [0.2, 0.25) is 0 Å². The minimum absolute atomic E-state index is 0.0673. The topological polar surface area (TPSA) is 94.2 Å². The summed E-state index contributed by atoms with van der Waals surface area (Å²) < 4.78 is 30.6. The van der Waals surface area contributed by atoms with E-state index < -0.39 is 47.0 Å². The summed E-state index contributed by atoms with van der Waals surface area (Å²) in [6, 6.07) is 8.20. The Morgan fingerprint density at radius 2 is 2.06 bits per heavy atom. The van der Waals surface area contributed by atoms with Crippen LogP contribution in [0.3, 0.4) is 0 Å². The van der Waals surface area contributed by atoms with Gasteiger partial charge in [0.05, 0.1) is 43.5 Å². The number of amides is 2. The number of esters is 1. The molecule has 3 aliphatic heterocycles. The van der Waals surface area contributed by atoms with Crippen LogP contribution in [0.15, 0.2) is 36.4 Å². The largest absolute Gasteiger partial charge is 0.497 e. The maximum absolute atomic E-state index is 13.9. The van der Waals surface area contributed by atoms with Crippen molar-refractivity contribution in [3.05, 3.63) is 53.3 Å². The number of hydrogen-bond donors (Lipinski definition) is 1. The molecule has 3 aliphatic rings. The van der Waals surface area contributed by atoms with Gasteiger partial charge in [0.1, 0.15) is 22.9 Å².